The first-order valence-electron chi connectivity index (χ1n) is 15.4. The molecule has 6 heteroatoms. The smallest absolute Gasteiger partial charge is 0.358 e. The van der Waals surface area contributed by atoms with Crippen LogP contribution in [0.4, 0.5) is 17.1 Å². The largest absolute Gasteiger partial charge is 2.00 e. The number of nitrogens with zero attached hydrogens (tertiary/aromatic N) is 5. The molecule has 0 aliphatic carbocycles. The third-order valence-electron chi connectivity index (χ3n) is 8.32. The van der Waals surface area contributed by atoms with Gasteiger partial charge in [0.15, 0.2) is 0 Å². The van der Waals surface area contributed by atoms with E-state index >= 15 is 0 Å². The second-order valence-electron chi connectivity index (χ2n) is 13.6. The summed E-state index contributed by atoms with van der Waals surface area (Å²) in [6, 6.07) is 41.5. The predicted molar refractivity (Wildman–Crippen MR) is 185 cm³/mol. The van der Waals surface area contributed by atoms with Crippen molar-refractivity contribution in [1.82, 2.24) is 19.3 Å². The molecule has 232 valence electrons. The SMILES string of the molecule is CC(C)(C)c1cccc(C(C)(C)C)c1N(c1[c-]c(-n2cccn2)ccc1)c1[c-]c2c(cc1)c1ccccc1n2-c1ccccn1.[Pt+2]. The van der Waals surface area contributed by atoms with E-state index in [4.69, 9.17) is 4.98 Å². The number of pyridine rings is 1. The van der Waals surface area contributed by atoms with Gasteiger partial charge in [-0.2, -0.15) is 17.2 Å². The third-order valence-corrected chi connectivity index (χ3v) is 8.32. The Bertz CT molecular complexity index is 2100. The molecule has 7 rings (SSSR count). The van der Waals surface area contributed by atoms with Gasteiger partial charge >= 0.3 is 21.1 Å². The zero-order chi connectivity index (χ0) is 31.3. The summed E-state index contributed by atoms with van der Waals surface area (Å²) in [6.45, 7) is 13.7. The van der Waals surface area contributed by atoms with Gasteiger partial charge in [-0.15, -0.1) is 35.7 Å². The van der Waals surface area contributed by atoms with Crippen LogP contribution in [-0.2, 0) is 31.9 Å². The van der Waals surface area contributed by atoms with E-state index in [2.05, 4.69) is 141 Å². The van der Waals surface area contributed by atoms with Crippen molar-refractivity contribution in [2.75, 3.05) is 4.90 Å². The summed E-state index contributed by atoms with van der Waals surface area (Å²) in [6.07, 6.45) is 5.59. The van der Waals surface area contributed by atoms with Gasteiger partial charge in [-0.3, -0.25) is 4.68 Å². The molecule has 0 aliphatic rings. The normalized spacial score (nSPS) is 12.0. The molecule has 3 aromatic heterocycles. The first kappa shape index (κ1) is 31.5. The molecule has 0 N–H and O–H groups in total. The average Bonchev–Trinajstić information content (AvgIpc) is 3.68. The number of benzene rings is 4. The molecule has 7 aromatic rings. The number of rotatable bonds is 5. The molecule has 3 heterocycles. The quantitative estimate of drug-likeness (QED) is 0.163. The minimum atomic E-state index is -0.124. The molecule has 0 spiro atoms. The van der Waals surface area contributed by atoms with Gasteiger partial charge in [0.2, 0.25) is 0 Å². The molecule has 0 radical (unpaired) electrons. The van der Waals surface area contributed by atoms with Crippen molar-refractivity contribution in [1.29, 1.82) is 0 Å². The van der Waals surface area contributed by atoms with Crippen molar-refractivity contribution in [2.45, 2.75) is 52.4 Å². The molecular formula is C40H37N5Pt. The van der Waals surface area contributed by atoms with Crippen LogP contribution in [0.1, 0.15) is 52.7 Å². The molecule has 46 heavy (non-hydrogen) atoms. The number of hydrogen-bond acceptors (Lipinski definition) is 3. The van der Waals surface area contributed by atoms with Crippen molar-refractivity contribution in [3.05, 3.63) is 139 Å². The molecule has 0 aliphatic heterocycles. The summed E-state index contributed by atoms with van der Waals surface area (Å²) in [5.41, 5.74) is 8.22. The number of aromatic nitrogens is 4. The second-order valence-corrected chi connectivity index (χ2v) is 13.6. The Morgan fingerprint density at radius 2 is 1.33 bits per heavy atom. The van der Waals surface area contributed by atoms with Gasteiger partial charge in [0, 0.05) is 29.8 Å². The monoisotopic (exact) mass is 782 g/mol. The zero-order valence-corrected chi connectivity index (χ0v) is 29.3. The Kier molecular flexibility index (Phi) is 8.25. The minimum absolute atomic E-state index is 0. The van der Waals surface area contributed by atoms with Crippen LogP contribution in [0.5, 0.6) is 0 Å². The van der Waals surface area contributed by atoms with E-state index in [1.807, 2.05) is 41.3 Å². The Hall–Kier alpha value is -4.47. The van der Waals surface area contributed by atoms with E-state index in [-0.39, 0.29) is 31.9 Å². The van der Waals surface area contributed by atoms with Crippen molar-refractivity contribution < 1.29 is 21.1 Å². The summed E-state index contributed by atoms with van der Waals surface area (Å²) in [4.78, 5) is 7.10. The van der Waals surface area contributed by atoms with Crippen LogP contribution in [0.25, 0.3) is 33.3 Å². The zero-order valence-electron chi connectivity index (χ0n) is 27.0. The van der Waals surface area contributed by atoms with Crippen LogP contribution in [0.2, 0.25) is 0 Å². The summed E-state index contributed by atoms with van der Waals surface area (Å²) in [5.74, 6) is 0.862. The van der Waals surface area contributed by atoms with E-state index < -0.39 is 0 Å². The number of fused-ring (bicyclic) bond motifs is 3. The summed E-state index contributed by atoms with van der Waals surface area (Å²) < 4.78 is 4.07. The Morgan fingerprint density at radius 3 is 2.00 bits per heavy atom. The van der Waals surface area contributed by atoms with Gasteiger partial charge < -0.3 is 9.47 Å². The van der Waals surface area contributed by atoms with E-state index in [1.54, 1.807) is 6.20 Å². The molecule has 0 fully saturated rings. The molecule has 0 atom stereocenters. The Labute approximate surface area is 285 Å². The second kappa shape index (κ2) is 12.0. The third kappa shape index (κ3) is 5.58. The maximum atomic E-state index is 4.76. The molecule has 0 saturated carbocycles. The van der Waals surface area contributed by atoms with Gasteiger partial charge in [-0.25, -0.2) is 4.98 Å². The van der Waals surface area contributed by atoms with Crippen molar-refractivity contribution in [3.63, 3.8) is 0 Å². The van der Waals surface area contributed by atoms with Gasteiger partial charge in [-0.05, 0) is 57.3 Å². The average molecular weight is 783 g/mol. The van der Waals surface area contributed by atoms with Crippen molar-refractivity contribution >= 4 is 38.9 Å². The van der Waals surface area contributed by atoms with Crippen LogP contribution in [0.3, 0.4) is 0 Å². The number of hydrogen-bond donors (Lipinski definition) is 0. The van der Waals surface area contributed by atoms with E-state index in [9.17, 15) is 0 Å². The first-order chi connectivity index (χ1) is 21.6. The maximum Gasteiger partial charge on any atom is 2.00 e. The van der Waals surface area contributed by atoms with Gasteiger partial charge in [0.1, 0.15) is 5.82 Å². The predicted octanol–water partition coefficient (Wildman–Crippen LogP) is 10.0. The van der Waals surface area contributed by atoms with Crippen molar-refractivity contribution in [3.8, 4) is 11.5 Å². The number of para-hydroxylation sites is 2. The van der Waals surface area contributed by atoms with E-state index in [0.717, 1.165) is 45.0 Å². The van der Waals surface area contributed by atoms with Crippen LogP contribution in [0.15, 0.2) is 116 Å². The van der Waals surface area contributed by atoms with Crippen LogP contribution in [0, 0.1) is 12.1 Å². The fourth-order valence-corrected chi connectivity index (χ4v) is 6.22. The topological polar surface area (TPSA) is 38.9 Å². The van der Waals surface area contributed by atoms with Gasteiger partial charge in [0.05, 0.1) is 0 Å². The molecule has 5 nitrogen and oxygen atoms in total. The standard InChI is InChI=1S/C40H37N5.Pt/c1-39(2,3)33-17-12-18-34(40(4,5)6)38(33)44(29-15-11-14-28(26-29)43-25-13-24-42-43)30-21-22-32-31-16-7-8-19-35(31)45(36(32)27-30)37-20-9-10-23-41-37;/h7-25H,1-6H3;/q-2;+2. The summed E-state index contributed by atoms with van der Waals surface area (Å²) in [5, 5.41) is 6.81. The minimum Gasteiger partial charge on any atom is -0.358 e. The summed E-state index contributed by atoms with van der Waals surface area (Å²) >= 11 is 0. The molecule has 0 bridgehead atoms. The van der Waals surface area contributed by atoms with Crippen LogP contribution < -0.4 is 4.90 Å². The van der Waals surface area contributed by atoms with Crippen molar-refractivity contribution in [2.24, 2.45) is 0 Å². The van der Waals surface area contributed by atoms with Crippen LogP contribution >= 0.6 is 0 Å². The molecular weight excluding hydrogens is 746 g/mol. The summed E-state index contributed by atoms with van der Waals surface area (Å²) in [7, 11) is 0. The van der Waals surface area contributed by atoms with Gasteiger partial charge in [0.25, 0.3) is 0 Å². The number of anilines is 3. The fraction of sp³-hybridized carbons (Fsp3) is 0.200. The first-order valence-corrected chi connectivity index (χ1v) is 15.4. The molecule has 0 saturated heterocycles. The van der Waals surface area contributed by atoms with Crippen LogP contribution in [-0.4, -0.2) is 19.3 Å². The van der Waals surface area contributed by atoms with E-state index in [0.29, 0.717) is 0 Å². The molecule has 0 unspecified atom stereocenters. The fourth-order valence-electron chi connectivity index (χ4n) is 6.22. The molecule has 4 aromatic carbocycles. The Morgan fingerprint density at radius 1 is 0.630 bits per heavy atom. The Balaban J connectivity index is 0.00000372. The van der Waals surface area contributed by atoms with Gasteiger partial charge in [-0.1, -0.05) is 101 Å². The maximum absolute atomic E-state index is 4.76. The molecule has 0 amide bonds. The van der Waals surface area contributed by atoms with E-state index in [1.165, 1.54) is 16.5 Å².